The fourth-order valence-corrected chi connectivity index (χ4v) is 6.43. The Balaban J connectivity index is 1.85. The lowest BCUT2D eigenvalue weighted by atomic mass is 10.0. The van der Waals surface area contributed by atoms with Gasteiger partial charge in [-0.25, -0.2) is 9.59 Å². The van der Waals surface area contributed by atoms with E-state index in [2.05, 4.69) is 31.9 Å². The van der Waals surface area contributed by atoms with Crippen LogP contribution < -0.4 is 20.3 Å². The van der Waals surface area contributed by atoms with E-state index in [1.54, 1.807) is 33.4 Å². The zero-order valence-electron chi connectivity index (χ0n) is 26.6. The Bertz CT molecular complexity index is 1930. The number of pyridine rings is 2. The molecule has 0 aliphatic carbocycles. The van der Waals surface area contributed by atoms with E-state index in [0.29, 0.717) is 31.5 Å². The van der Waals surface area contributed by atoms with E-state index >= 15 is 0 Å². The molecule has 0 aliphatic heterocycles. The first-order chi connectivity index (χ1) is 21.8. The number of hydrogen-bond acceptors (Lipinski definition) is 9. The van der Waals surface area contributed by atoms with Gasteiger partial charge in [0, 0.05) is 35.3 Å². The van der Waals surface area contributed by atoms with Crippen LogP contribution in [-0.2, 0) is 9.47 Å². The Morgan fingerprint density at radius 3 is 1.57 bits per heavy atom. The maximum atomic E-state index is 13.7. The van der Waals surface area contributed by atoms with Gasteiger partial charge in [-0.1, -0.05) is 27.7 Å². The first-order valence-corrected chi connectivity index (χ1v) is 16.1. The third-order valence-corrected chi connectivity index (χ3v) is 9.30. The van der Waals surface area contributed by atoms with Gasteiger partial charge < -0.3 is 33.2 Å². The fourth-order valence-electron chi connectivity index (χ4n) is 5.42. The molecule has 46 heavy (non-hydrogen) atoms. The number of fused-ring (bicyclic) bond motifs is 2. The van der Waals surface area contributed by atoms with Crippen molar-refractivity contribution in [1.29, 1.82) is 0 Å². The van der Waals surface area contributed by atoms with Gasteiger partial charge in [-0.05, 0) is 55.8 Å². The predicted octanol–water partition coefficient (Wildman–Crippen LogP) is 5.89. The van der Waals surface area contributed by atoms with E-state index in [9.17, 15) is 24.3 Å². The SMILES string of the molecule is COC(=O)c1cn(C(COC(=O)c2cn(C(CO)C(C)C)c3cc(OC)c(Br)cc3c2=O)C(C)C)c2cc(OC)c(Br)cc2c1=O. The molecule has 11 nitrogen and oxygen atoms in total. The summed E-state index contributed by atoms with van der Waals surface area (Å²) >= 11 is 6.83. The Kier molecular flexibility index (Phi) is 11.0. The van der Waals surface area contributed by atoms with Gasteiger partial charge >= 0.3 is 11.9 Å². The lowest BCUT2D eigenvalue weighted by Crippen LogP contribution is -2.29. The van der Waals surface area contributed by atoms with E-state index in [1.807, 2.05) is 27.7 Å². The van der Waals surface area contributed by atoms with Crippen molar-refractivity contribution < 1.29 is 33.6 Å². The molecule has 2 heterocycles. The highest BCUT2D eigenvalue weighted by Gasteiger charge is 2.27. The highest BCUT2D eigenvalue weighted by atomic mass is 79.9. The number of methoxy groups -OCH3 is 3. The van der Waals surface area contributed by atoms with Gasteiger partial charge in [0.05, 0.1) is 60.0 Å². The topological polar surface area (TPSA) is 135 Å². The standard InChI is InChI=1S/C33H36Br2N2O9/c1-16(2)26(14-38)36-13-21(31(40)18-8-22(34)28(43-5)10-24(18)36)33(42)46-15-27(17(3)4)37-12-20(32(41)45-7)30(39)19-9-23(35)29(44-6)11-25(19)37/h8-13,16-17,26-27,38H,14-15H2,1-7H3. The molecule has 246 valence electrons. The summed E-state index contributed by atoms with van der Waals surface area (Å²) in [5.74, 6) is -0.953. The lowest BCUT2D eigenvalue weighted by Gasteiger charge is -2.27. The Morgan fingerprint density at radius 2 is 1.17 bits per heavy atom. The molecule has 4 rings (SSSR count). The summed E-state index contributed by atoms with van der Waals surface area (Å²) in [5.41, 5.74) is -0.531. The number of ether oxygens (including phenoxy) is 4. The van der Waals surface area contributed by atoms with Crippen LogP contribution in [0.5, 0.6) is 11.5 Å². The number of esters is 2. The Morgan fingerprint density at radius 1 is 0.739 bits per heavy atom. The molecule has 0 spiro atoms. The molecule has 2 aromatic heterocycles. The number of hydrogen-bond donors (Lipinski definition) is 1. The van der Waals surface area contributed by atoms with Crippen LogP contribution in [0.1, 0.15) is 60.5 Å². The van der Waals surface area contributed by atoms with Crippen LogP contribution in [0.4, 0.5) is 0 Å². The van der Waals surface area contributed by atoms with Crippen molar-refractivity contribution in [1.82, 2.24) is 9.13 Å². The summed E-state index contributed by atoms with van der Waals surface area (Å²) in [4.78, 5) is 53.4. The fraction of sp³-hybridized carbons (Fsp3) is 0.394. The van der Waals surface area contributed by atoms with Crippen molar-refractivity contribution in [2.45, 2.75) is 39.8 Å². The molecule has 1 N–H and O–H groups in total. The Hall–Kier alpha value is -3.68. The molecule has 0 amide bonds. The molecule has 0 bridgehead atoms. The van der Waals surface area contributed by atoms with Gasteiger partial charge in [-0.3, -0.25) is 9.59 Å². The summed E-state index contributed by atoms with van der Waals surface area (Å²) in [6.07, 6.45) is 2.81. The molecule has 0 saturated heterocycles. The molecular formula is C33H36Br2N2O9. The van der Waals surface area contributed by atoms with Crippen LogP contribution in [-0.4, -0.2) is 60.7 Å². The zero-order valence-corrected chi connectivity index (χ0v) is 29.7. The van der Waals surface area contributed by atoms with Gasteiger partial charge in [-0.15, -0.1) is 0 Å². The van der Waals surface area contributed by atoms with Crippen LogP contribution in [0.2, 0.25) is 0 Å². The molecule has 0 radical (unpaired) electrons. The molecule has 0 fully saturated rings. The molecule has 13 heteroatoms. The summed E-state index contributed by atoms with van der Waals surface area (Å²) in [7, 11) is 4.18. The summed E-state index contributed by atoms with van der Waals surface area (Å²) in [6.45, 7) is 7.22. The minimum atomic E-state index is -0.863. The second-order valence-corrected chi connectivity index (χ2v) is 13.2. The predicted molar refractivity (Wildman–Crippen MR) is 181 cm³/mol. The van der Waals surface area contributed by atoms with Crippen molar-refractivity contribution in [3.63, 3.8) is 0 Å². The lowest BCUT2D eigenvalue weighted by molar-refractivity contribution is 0.0412. The zero-order chi connectivity index (χ0) is 34.0. The summed E-state index contributed by atoms with van der Waals surface area (Å²) < 4.78 is 26.0. The average Bonchev–Trinajstić information content (AvgIpc) is 3.02. The number of aliphatic hydroxyl groups excluding tert-OH is 1. The van der Waals surface area contributed by atoms with Gasteiger partial charge in [0.1, 0.15) is 29.2 Å². The number of rotatable bonds is 11. The molecule has 2 atom stereocenters. The van der Waals surface area contributed by atoms with Crippen LogP contribution in [0.15, 0.2) is 55.2 Å². The minimum Gasteiger partial charge on any atom is -0.495 e. The number of aromatic nitrogens is 2. The van der Waals surface area contributed by atoms with E-state index in [1.165, 1.54) is 33.7 Å². The van der Waals surface area contributed by atoms with E-state index in [0.717, 1.165) is 0 Å². The van der Waals surface area contributed by atoms with E-state index < -0.39 is 34.9 Å². The quantitative estimate of drug-likeness (QED) is 0.186. The van der Waals surface area contributed by atoms with Crippen molar-refractivity contribution in [3.05, 3.63) is 77.2 Å². The highest BCUT2D eigenvalue weighted by molar-refractivity contribution is 9.11. The number of carbonyl (C=O) groups excluding carboxylic acids is 2. The Labute approximate surface area is 282 Å². The van der Waals surface area contributed by atoms with Gasteiger partial charge in [0.2, 0.25) is 10.9 Å². The van der Waals surface area contributed by atoms with E-state index in [4.69, 9.17) is 18.9 Å². The first kappa shape index (κ1) is 35.2. The number of halogens is 2. The third-order valence-electron chi connectivity index (χ3n) is 8.06. The average molecular weight is 764 g/mol. The number of carbonyl (C=O) groups is 2. The van der Waals surface area contributed by atoms with Crippen LogP contribution in [0.3, 0.4) is 0 Å². The van der Waals surface area contributed by atoms with Crippen LogP contribution in [0, 0.1) is 11.8 Å². The van der Waals surface area contributed by atoms with Crippen LogP contribution >= 0.6 is 31.9 Å². The third kappa shape index (κ3) is 6.58. The molecular weight excluding hydrogens is 728 g/mol. The van der Waals surface area contributed by atoms with Crippen molar-refractivity contribution >= 4 is 65.6 Å². The second kappa shape index (κ2) is 14.4. The minimum absolute atomic E-state index is 0.0470. The maximum absolute atomic E-state index is 13.7. The largest absolute Gasteiger partial charge is 0.495 e. The van der Waals surface area contributed by atoms with Crippen LogP contribution in [0.25, 0.3) is 21.8 Å². The second-order valence-electron chi connectivity index (χ2n) is 11.5. The first-order valence-electron chi connectivity index (χ1n) is 14.5. The molecule has 2 unspecified atom stereocenters. The molecule has 4 aromatic rings. The molecule has 0 aliphatic rings. The van der Waals surface area contributed by atoms with Gasteiger partial charge in [-0.2, -0.15) is 0 Å². The van der Waals surface area contributed by atoms with Crippen molar-refractivity contribution in [2.75, 3.05) is 34.5 Å². The van der Waals surface area contributed by atoms with Gasteiger partial charge in [0.15, 0.2) is 0 Å². The monoisotopic (exact) mass is 762 g/mol. The number of benzene rings is 2. The number of aliphatic hydroxyl groups is 1. The van der Waals surface area contributed by atoms with Gasteiger partial charge in [0.25, 0.3) is 0 Å². The smallest absolute Gasteiger partial charge is 0.343 e. The highest BCUT2D eigenvalue weighted by Crippen LogP contribution is 2.34. The molecule has 2 aromatic carbocycles. The van der Waals surface area contributed by atoms with E-state index in [-0.39, 0.29) is 46.9 Å². The normalized spacial score (nSPS) is 12.9. The summed E-state index contributed by atoms with van der Waals surface area (Å²) in [6, 6.07) is 5.46. The number of nitrogens with zero attached hydrogens (tertiary/aromatic N) is 2. The van der Waals surface area contributed by atoms with Crippen molar-refractivity contribution in [2.24, 2.45) is 11.8 Å². The maximum Gasteiger partial charge on any atom is 0.343 e. The van der Waals surface area contributed by atoms with Crippen molar-refractivity contribution in [3.8, 4) is 11.5 Å². The molecule has 0 saturated carbocycles. The summed E-state index contributed by atoms with van der Waals surface area (Å²) in [5, 5.41) is 10.7.